The number of rotatable bonds is 21. The third-order valence-electron chi connectivity index (χ3n) is 3.60. The van der Waals surface area contributed by atoms with E-state index in [1.54, 1.807) is 0 Å². The van der Waals surface area contributed by atoms with Crippen LogP contribution in [0.5, 0.6) is 0 Å². The summed E-state index contributed by atoms with van der Waals surface area (Å²) in [6.07, 6.45) is 7.51. The molecule has 0 unspecified atom stereocenters. The largest absolute Gasteiger partial charge is 0.463 e. The van der Waals surface area contributed by atoms with Crippen molar-refractivity contribution in [2.24, 2.45) is 5.73 Å². The molecule has 156 valence electrons. The van der Waals surface area contributed by atoms with Crippen LogP contribution in [-0.2, 0) is 28.5 Å². The van der Waals surface area contributed by atoms with E-state index < -0.39 is 0 Å². The molecule has 0 fully saturated rings. The normalized spacial score (nSPS) is 11.0. The molecule has 0 aliphatic carbocycles. The van der Waals surface area contributed by atoms with E-state index in [0.29, 0.717) is 72.4 Å². The Morgan fingerprint density at radius 3 is 1.65 bits per heavy atom. The highest BCUT2D eigenvalue weighted by atomic mass is 16.6. The number of carbonyl (C=O) groups excluding carboxylic acids is 1. The van der Waals surface area contributed by atoms with Crippen molar-refractivity contribution in [1.82, 2.24) is 0 Å². The summed E-state index contributed by atoms with van der Waals surface area (Å²) in [7, 11) is 0. The summed E-state index contributed by atoms with van der Waals surface area (Å²) in [5, 5.41) is 0. The summed E-state index contributed by atoms with van der Waals surface area (Å²) >= 11 is 0. The lowest BCUT2D eigenvalue weighted by atomic mass is 10.1. The van der Waals surface area contributed by atoms with E-state index in [9.17, 15) is 4.79 Å². The molecule has 7 nitrogen and oxygen atoms in total. The third-order valence-corrected chi connectivity index (χ3v) is 3.60. The minimum atomic E-state index is -0.132. The maximum atomic E-state index is 11.5. The molecule has 0 atom stereocenters. The van der Waals surface area contributed by atoms with Gasteiger partial charge in [0.2, 0.25) is 0 Å². The molecule has 0 aromatic heterocycles. The average molecular weight is 378 g/mol. The van der Waals surface area contributed by atoms with Crippen LogP contribution in [0.4, 0.5) is 0 Å². The molecule has 0 radical (unpaired) electrons. The monoisotopic (exact) mass is 377 g/mol. The summed E-state index contributed by atoms with van der Waals surface area (Å²) in [6.45, 7) is 7.13. The Bertz CT molecular complexity index is 291. The van der Waals surface area contributed by atoms with Crippen LogP contribution in [0.1, 0.15) is 51.9 Å². The smallest absolute Gasteiger partial charge is 0.305 e. The number of hydrogen-bond donors (Lipinski definition) is 1. The topological polar surface area (TPSA) is 89.2 Å². The van der Waals surface area contributed by atoms with Crippen molar-refractivity contribution in [1.29, 1.82) is 0 Å². The van der Waals surface area contributed by atoms with Gasteiger partial charge in [0.05, 0.1) is 52.9 Å². The summed E-state index contributed by atoms with van der Waals surface area (Å²) in [5.74, 6) is -0.132. The van der Waals surface area contributed by atoms with E-state index in [4.69, 9.17) is 29.4 Å². The van der Waals surface area contributed by atoms with Gasteiger partial charge < -0.3 is 29.4 Å². The Labute approximate surface area is 158 Å². The van der Waals surface area contributed by atoms with Gasteiger partial charge in [-0.05, 0) is 6.42 Å². The molecule has 0 aromatic rings. The average Bonchev–Trinajstić information content (AvgIpc) is 2.65. The Hall–Kier alpha value is -0.730. The molecule has 26 heavy (non-hydrogen) atoms. The fraction of sp³-hybridized carbons (Fsp3) is 0.947. The second-order valence-electron chi connectivity index (χ2n) is 5.98. The molecule has 0 rings (SSSR count). The SMILES string of the molecule is CCCCCCCCC(=O)OCCOCCOCCOCCOCCN. The first-order valence-electron chi connectivity index (χ1n) is 9.98. The van der Waals surface area contributed by atoms with Crippen LogP contribution in [0.25, 0.3) is 0 Å². The van der Waals surface area contributed by atoms with Crippen LogP contribution in [0.2, 0.25) is 0 Å². The highest BCUT2D eigenvalue weighted by molar-refractivity contribution is 5.69. The van der Waals surface area contributed by atoms with Crippen LogP contribution >= 0.6 is 0 Å². The lowest BCUT2D eigenvalue weighted by Crippen LogP contribution is -2.15. The van der Waals surface area contributed by atoms with Gasteiger partial charge in [-0.2, -0.15) is 0 Å². The maximum Gasteiger partial charge on any atom is 0.305 e. The molecule has 0 aromatic carbocycles. The number of unbranched alkanes of at least 4 members (excludes halogenated alkanes) is 5. The molecule has 7 heteroatoms. The standard InChI is InChI=1S/C19H39NO6/c1-2-3-4-5-6-7-8-19(21)26-18-17-25-16-15-24-14-13-23-12-11-22-10-9-20/h2-18,20H2,1H3. The van der Waals surface area contributed by atoms with E-state index in [-0.39, 0.29) is 5.97 Å². The van der Waals surface area contributed by atoms with Gasteiger partial charge in [0.25, 0.3) is 0 Å². The van der Waals surface area contributed by atoms with Crippen LogP contribution < -0.4 is 5.73 Å². The van der Waals surface area contributed by atoms with Gasteiger partial charge in [-0.15, -0.1) is 0 Å². The van der Waals surface area contributed by atoms with Crippen molar-refractivity contribution in [2.75, 3.05) is 66.0 Å². The predicted molar refractivity (Wildman–Crippen MR) is 101 cm³/mol. The summed E-state index contributed by atoms with van der Waals surface area (Å²) in [4.78, 5) is 11.5. The van der Waals surface area contributed by atoms with Gasteiger partial charge in [-0.25, -0.2) is 0 Å². The van der Waals surface area contributed by atoms with Crippen molar-refractivity contribution in [3.8, 4) is 0 Å². The molecule has 0 spiro atoms. The molecule has 0 saturated heterocycles. The Morgan fingerprint density at radius 2 is 1.12 bits per heavy atom. The van der Waals surface area contributed by atoms with Gasteiger partial charge in [-0.1, -0.05) is 39.0 Å². The molecule has 2 N–H and O–H groups in total. The molecule has 0 bridgehead atoms. The van der Waals surface area contributed by atoms with Gasteiger partial charge in [-0.3, -0.25) is 4.79 Å². The summed E-state index contributed by atoms with van der Waals surface area (Å²) < 4.78 is 26.3. The van der Waals surface area contributed by atoms with Gasteiger partial charge in [0.15, 0.2) is 0 Å². The molecular formula is C19H39NO6. The van der Waals surface area contributed by atoms with E-state index in [2.05, 4.69) is 6.92 Å². The fourth-order valence-corrected chi connectivity index (χ4v) is 2.18. The molecule has 0 saturated carbocycles. The van der Waals surface area contributed by atoms with Crippen LogP contribution in [0, 0.1) is 0 Å². The Morgan fingerprint density at radius 1 is 0.654 bits per heavy atom. The first kappa shape index (κ1) is 25.3. The van der Waals surface area contributed by atoms with Crippen molar-refractivity contribution in [3.63, 3.8) is 0 Å². The summed E-state index contributed by atoms with van der Waals surface area (Å²) in [5.41, 5.74) is 5.30. The molecular weight excluding hydrogens is 338 g/mol. The van der Waals surface area contributed by atoms with Crippen molar-refractivity contribution in [2.45, 2.75) is 51.9 Å². The van der Waals surface area contributed by atoms with Crippen LogP contribution in [0.3, 0.4) is 0 Å². The van der Waals surface area contributed by atoms with Crippen molar-refractivity contribution in [3.05, 3.63) is 0 Å². The van der Waals surface area contributed by atoms with Gasteiger partial charge >= 0.3 is 5.97 Å². The number of esters is 1. The lowest BCUT2D eigenvalue weighted by Gasteiger charge is -2.08. The molecule has 0 aliphatic rings. The Balaban J connectivity index is 3.11. The first-order valence-corrected chi connectivity index (χ1v) is 9.98. The number of carbonyl (C=O) groups is 1. The maximum absolute atomic E-state index is 11.5. The van der Waals surface area contributed by atoms with Crippen LogP contribution in [0.15, 0.2) is 0 Å². The second-order valence-corrected chi connectivity index (χ2v) is 5.98. The number of nitrogens with two attached hydrogens (primary N) is 1. The van der Waals surface area contributed by atoms with Gasteiger partial charge in [0.1, 0.15) is 6.61 Å². The molecule has 0 amide bonds. The van der Waals surface area contributed by atoms with Crippen LogP contribution in [-0.4, -0.2) is 72.0 Å². The number of ether oxygens (including phenoxy) is 5. The van der Waals surface area contributed by atoms with Crippen molar-refractivity contribution >= 4 is 5.97 Å². The van der Waals surface area contributed by atoms with E-state index in [0.717, 1.165) is 12.8 Å². The van der Waals surface area contributed by atoms with E-state index >= 15 is 0 Å². The zero-order valence-corrected chi connectivity index (χ0v) is 16.5. The zero-order chi connectivity index (χ0) is 19.1. The highest BCUT2D eigenvalue weighted by Crippen LogP contribution is 2.07. The zero-order valence-electron chi connectivity index (χ0n) is 16.5. The van der Waals surface area contributed by atoms with Gasteiger partial charge in [0, 0.05) is 13.0 Å². The predicted octanol–water partition coefficient (Wildman–Crippen LogP) is 2.31. The highest BCUT2D eigenvalue weighted by Gasteiger charge is 2.02. The van der Waals surface area contributed by atoms with E-state index in [1.165, 1.54) is 25.7 Å². The minimum Gasteiger partial charge on any atom is -0.463 e. The first-order chi connectivity index (χ1) is 12.8. The summed E-state index contributed by atoms with van der Waals surface area (Å²) in [6, 6.07) is 0. The third kappa shape index (κ3) is 21.3. The Kier molecular flexibility index (Phi) is 21.7. The van der Waals surface area contributed by atoms with Crippen molar-refractivity contribution < 1.29 is 28.5 Å². The minimum absolute atomic E-state index is 0.132. The fourth-order valence-electron chi connectivity index (χ4n) is 2.18. The molecule has 0 heterocycles. The lowest BCUT2D eigenvalue weighted by molar-refractivity contribution is -0.145. The second kappa shape index (κ2) is 22.3. The quantitative estimate of drug-likeness (QED) is 0.242. The number of hydrogen-bond acceptors (Lipinski definition) is 7. The van der Waals surface area contributed by atoms with E-state index in [1.807, 2.05) is 0 Å². The molecule has 0 aliphatic heterocycles.